The molecule has 1 amide bonds. The van der Waals surface area contributed by atoms with E-state index in [1.807, 2.05) is 29.6 Å². The van der Waals surface area contributed by atoms with E-state index in [4.69, 9.17) is 0 Å². The average molecular weight is 307 g/mol. The SMILES string of the molecule is CNC1CCCN(C(=O)c2sccc2SC)C1.Cl. The molecular formula is C12H19ClN2OS2. The molecule has 0 saturated carbocycles. The van der Waals surface area contributed by atoms with Gasteiger partial charge in [-0.2, -0.15) is 0 Å². The van der Waals surface area contributed by atoms with Gasteiger partial charge in [0.25, 0.3) is 5.91 Å². The van der Waals surface area contributed by atoms with Gasteiger partial charge in [-0.3, -0.25) is 4.79 Å². The van der Waals surface area contributed by atoms with E-state index in [2.05, 4.69) is 5.32 Å². The van der Waals surface area contributed by atoms with Crippen molar-refractivity contribution < 1.29 is 4.79 Å². The van der Waals surface area contributed by atoms with Gasteiger partial charge in [-0.15, -0.1) is 35.5 Å². The first kappa shape index (κ1) is 15.8. The van der Waals surface area contributed by atoms with Gasteiger partial charge in [0.15, 0.2) is 0 Å². The van der Waals surface area contributed by atoms with Crippen LogP contribution in [-0.2, 0) is 0 Å². The van der Waals surface area contributed by atoms with Crippen LogP contribution >= 0.6 is 35.5 Å². The number of likely N-dealkylation sites (tertiary alicyclic amines) is 1. The van der Waals surface area contributed by atoms with E-state index in [0.29, 0.717) is 6.04 Å². The highest BCUT2D eigenvalue weighted by molar-refractivity contribution is 7.98. The van der Waals surface area contributed by atoms with E-state index in [1.165, 1.54) is 6.42 Å². The number of carbonyl (C=O) groups excluding carboxylic acids is 1. The lowest BCUT2D eigenvalue weighted by atomic mass is 10.1. The Morgan fingerprint density at radius 1 is 1.61 bits per heavy atom. The fourth-order valence-electron chi connectivity index (χ4n) is 2.16. The first-order valence-electron chi connectivity index (χ1n) is 5.84. The van der Waals surface area contributed by atoms with Gasteiger partial charge in [0.05, 0.1) is 0 Å². The molecule has 1 aromatic heterocycles. The van der Waals surface area contributed by atoms with Gasteiger partial charge in [0.1, 0.15) is 4.88 Å². The lowest BCUT2D eigenvalue weighted by Crippen LogP contribution is -2.46. The summed E-state index contributed by atoms with van der Waals surface area (Å²) in [6.07, 6.45) is 4.28. The van der Waals surface area contributed by atoms with Crippen LogP contribution in [0.3, 0.4) is 0 Å². The average Bonchev–Trinajstić information content (AvgIpc) is 2.86. The molecule has 1 atom stereocenters. The van der Waals surface area contributed by atoms with Crippen LogP contribution in [0.25, 0.3) is 0 Å². The molecule has 2 rings (SSSR count). The summed E-state index contributed by atoms with van der Waals surface area (Å²) >= 11 is 3.20. The Morgan fingerprint density at radius 2 is 2.39 bits per heavy atom. The van der Waals surface area contributed by atoms with E-state index >= 15 is 0 Å². The highest BCUT2D eigenvalue weighted by Crippen LogP contribution is 2.27. The number of piperidine rings is 1. The van der Waals surface area contributed by atoms with E-state index in [-0.39, 0.29) is 18.3 Å². The number of hydrogen-bond acceptors (Lipinski definition) is 4. The lowest BCUT2D eigenvalue weighted by molar-refractivity contribution is 0.0700. The van der Waals surface area contributed by atoms with Crippen molar-refractivity contribution in [2.24, 2.45) is 0 Å². The van der Waals surface area contributed by atoms with Crippen molar-refractivity contribution in [1.82, 2.24) is 10.2 Å². The molecule has 1 saturated heterocycles. The molecule has 1 fully saturated rings. The van der Waals surface area contributed by atoms with Crippen LogP contribution in [0.2, 0.25) is 0 Å². The summed E-state index contributed by atoms with van der Waals surface area (Å²) in [4.78, 5) is 16.4. The maximum atomic E-state index is 12.4. The molecule has 1 unspecified atom stereocenters. The second kappa shape index (κ2) is 7.38. The Balaban J connectivity index is 0.00000162. The minimum atomic E-state index is 0. The van der Waals surface area contributed by atoms with E-state index in [0.717, 1.165) is 29.3 Å². The van der Waals surface area contributed by atoms with Crippen molar-refractivity contribution in [1.29, 1.82) is 0 Å². The number of amides is 1. The zero-order valence-corrected chi connectivity index (χ0v) is 13.1. The molecule has 102 valence electrons. The van der Waals surface area contributed by atoms with Gasteiger partial charge in [0, 0.05) is 24.0 Å². The molecule has 0 aromatic carbocycles. The standard InChI is InChI=1S/C12H18N2OS2.ClH/c1-13-9-4-3-6-14(8-9)12(15)11-10(16-2)5-7-17-11;/h5,7,9,13H,3-4,6,8H2,1-2H3;1H. The van der Waals surface area contributed by atoms with Crippen LogP contribution in [0.5, 0.6) is 0 Å². The normalized spacial score (nSPS) is 19.4. The quantitative estimate of drug-likeness (QED) is 0.872. The Morgan fingerprint density at radius 3 is 3.06 bits per heavy atom. The van der Waals surface area contributed by atoms with Crippen molar-refractivity contribution >= 4 is 41.4 Å². The van der Waals surface area contributed by atoms with Gasteiger partial charge in [-0.05, 0) is 37.6 Å². The molecule has 3 nitrogen and oxygen atoms in total. The monoisotopic (exact) mass is 306 g/mol. The molecule has 1 aliphatic heterocycles. The van der Waals surface area contributed by atoms with E-state index < -0.39 is 0 Å². The van der Waals surface area contributed by atoms with Gasteiger partial charge in [-0.1, -0.05) is 0 Å². The number of hydrogen-bond donors (Lipinski definition) is 1. The Hall–Kier alpha value is -0.230. The largest absolute Gasteiger partial charge is 0.336 e. The van der Waals surface area contributed by atoms with Crippen LogP contribution in [0.15, 0.2) is 16.3 Å². The predicted molar refractivity (Wildman–Crippen MR) is 81.3 cm³/mol. The summed E-state index contributed by atoms with van der Waals surface area (Å²) in [7, 11) is 1.97. The zero-order chi connectivity index (χ0) is 12.3. The number of nitrogens with zero attached hydrogens (tertiary/aromatic N) is 1. The molecule has 6 heteroatoms. The number of rotatable bonds is 3. The second-order valence-corrected chi connectivity index (χ2v) is 5.96. The van der Waals surface area contributed by atoms with Gasteiger partial charge in [0.2, 0.25) is 0 Å². The summed E-state index contributed by atoms with van der Waals surface area (Å²) in [5, 5.41) is 5.27. The number of nitrogens with one attached hydrogen (secondary N) is 1. The zero-order valence-electron chi connectivity index (χ0n) is 10.6. The topological polar surface area (TPSA) is 32.3 Å². The highest BCUT2D eigenvalue weighted by atomic mass is 35.5. The summed E-state index contributed by atoms with van der Waals surface area (Å²) in [5.41, 5.74) is 0. The number of thioether (sulfide) groups is 1. The molecule has 1 aromatic rings. The molecular weight excluding hydrogens is 288 g/mol. The number of likely N-dealkylation sites (N-methyl/N-ethyl adjacent to an activating group) is 1. The number of thiophene rings is 1. The minimum Gasteiger partial charge on any atom is -0.336 e. The van der Waals surface area contributed by atoms with Crippen molar-refractivity contribution in [2.75, 3.05) is 26.4 Å². The Kier molecular flexibility index (Phi) is 6.49. The molecule has 1 aliphatic rings. The van der Waals surface area contributed by atoms with Crippen molar-refractivity contribution in [2.45, 2.75) is 23.8 Å². The maximum absolute atomic E-state index is 12.4. The van der Waals surface area contributed by atoms with E-state index in [1.54, 1.807) is 23.1 Å². The summed E-state index contributed by atoms with van der Waals surface area (Å²) in [6.45, 7) is 1.73. The Labute approximate surface area is 123 Å². The summed E-state index contributed by atoms with van der Waals surface area (Å²) < 4.78 is 0. The summed E-state index contributed by atoms with van der Waals surface area (Å²) in [6, 6.07) is 2.48. The molecule has 2 heterocycles. The molecule has 0 spiro atoms. The third-order valence-corrected chi connectivity index (χ3v) is 4.97. The van der Waals surface area contributed by atoms with E-state index in [9.17, 15) is 4.79 Å². The minimum absolute atomic E-state index is 0. The first-order valence-corrected chi connectivity index (χ1v) is 7.94. The van der Waals surface area contributed by atoms with Gasteiger partial charge >= 0.3 is 0 Å². The lowest BCUT2D eigenvalue weighted by Gasteiger charge is -2.32. The second-order valence-electron chi connectivity index (χ2n) is 4.20. The number of carbonyl (C=O) groups is 1. The highest BCUT2D eigenvalue weighted by Gasteiger charge is 2.25. The predicted octanol–water partition coefficient (Wildman–Crippen LogP) is 2.72. The fourth-order valence-corrected chi connectivity index (χ4v) is 3.87. The van der Waals surface area contributed by atoms with Crippen LogP contribution in [0, 0.1) is 0 Å². The molecule has 0 radical (unpaired) electrons. The summed E-state index contributed by atoms with van der Waals surface area (Å²) in [5.74, 6) is 0.198. The van der Waals surface area contributed by atoms with Gasteiger partial charge < -0.3 is 10.2 Å². The molecule has 18 heavy (non-hydrogen) atoms. The maximum Gasteiger partial charge on any atom is 0.265 e. The fraction of sp³-hybridized carbons (Fsp3) is 0.583. The van der Waals surface area contributed by atoms with Crippen molar-refractivity contribution in [3.63, 3.8) is 0 Å². The molecule has 1 N–H and O–H groups in total. The smallest absolute Gasteiger partial charge is 0.265 e. The van der Waals surface area contributed by atoms with Crippen LogP contribution in [-0.4, -0.2) is 43.2 Å². The van der Waals surface area contributed by atoms with Crippen LogP contribution in [0.1, 0.15) is 22.5 Å². The molecule has 0 bridgehead atoms. The van der Waals surface area contributed by atoms with Gasteiger partial charge in [-0.25, -0.2) is 0 Å². The number of halogens is 1. The first-order chi connectivity index (χ1) is 8.26. The van der Waals surface area contributed by atoms with Crippen molar-refractivity contribution in [3.8, 4) is 0 Å². The third kappa shape index (κ3) is 3.41. The third-order valence-electron chi connectivity index (χ3n) is 3.16. The van der Waals surface area contributed by atoms with Crippen molar-refractivity contribution in [3.05, 3.63) is 16.3 Å². The molecule has 0 aliphatic carbocycles. The Bertz CT molecular complexity index is 397. The van der Waals surface area contributed by atoms with Crippen LogP contribution < -0.4 is 5.32 Å². The van der Waals surface area contributed by atoms with Crippen LogP contribution in [0.4, 0.5) is 0 Å².